The SMILES string of the molecule is c1cc2c(cc1-c1cnc(C3CCCN3)o1)OCO2. The monoisotopic (exact) mass is 258 g/mol. The van der Waals surface area contributed by atoms with Gasteiger partial charge in [0.2, 0.25) is 12.7 Å². The number of nitrogens with zero attached hydrogens (tertiary/aromatic N) is 1. The molecule has 1 aromatic carbocycles. The first-order chi connectivity index (χ1) is 9.40. The van der Waals surface area contributed by atoms with Gasteiger partial charge in [0.25, 0.3) is 0 Å². The molecular weight excluding hydrogens is 244 g/mol. The smallest absolute Gasteiger partial charge is 0.231 e. The van der Waals surface area contributed by atoms with E-state index in [-0.39, 0.29) is 12.8 Å². The number of benzene rings is 1. The van der Waals surface area contributed by atoms with Crippen LogP contribution in [0.2, 0.25) is 0 Å². The Labute approximate surface area is 110 Å². The summed E-state index contributed by atoms with van der Waals surface area (Å²) in [4.78, 5) is 4.37. The number of hydrogen-bond acceptors (Lipinski definition) is 5. The van der Waals surface area contributed by atoms with Gasteiger partial charge >= 0.3 is 0 Å². The fraction of sp³-hybridized carbons (Fsp3) is 0.357. The summed E-state index contributed by atoms with van der Waals surface area (Å²) in [6, 6.07) is 6.03. The molecule has 2 aliphatic heterocycles. The third kappa shape index (κ3) is 1.86. The summed E-state index contributed by atoms with van der Waals surface area (Å²) in [6.45, 7) is 1.32. The topological polar surface area (TPSA) is 56.5 Å². The molecule has 1 aromatic heterocycles. The van der Waals surface area contributed by atoms with E-state index < -0.39 is 0 Å². The fourth-order valence-electron chi connectivity index (χ4n) is 2.53. The molecule has 4 rings (SSSR count). The van der Waals surface area contributed by atoms with Crippen LogP contribution in [0.15, 0.2) is 28.8 Å². The number of fused-ring (bicyclic) bond motifs is 1. The number of ether oxygens (including phenoxy) is 2. The Hall–Kier alpha value is -2.01. The van der Waals surface area contributed by atoms with Crippen molar-refractivity contribution in [3.63, 3.8) is 0 Å². The molecule has 0 spiro atoms. The summed E-state index contributed by atoms with van der Waals surface area (Å²) in [6.07, 6.45) is 4.03. The summed E-state index contributed by atoms with van der Waals surface area (Å²) in [7, 11) is 0. The zero-order valence-electron chi connectivity index (χ0n) is 10.4. The number of aromatic nitrogens is 1. The third-order valence-electron chi connectivity index (χ3n) is 3.54. The van der Waals surface area contributed by atoms with Gasteiger partial charge < -0.3 is 19.2 Å². The third-order valence-corrected chi connectivity index (χ3v) is 3.54. The molecule has 1 N–H and O–H groups in total. The first kappa shape index (κ1) is 10.9. The highest BCUT2D eigenvalue weighted by atomic mass is 16.7. The fourth-order valence-corrected chi connectivity index (χ4v) is 2.53. The number of hydrogen-bond donors (Lipinski definition) is 1. The maximum atomic E-state index is 5.84. The molecular formula is C14H14N2O3. The van der Waals surface area contributed by atoms with Crippen molar-refractivity contribution in [3.8, 4) is 22.8 Å². The predicted octanol–water partition coefficient (Wildman–Crippen LogP) is 2.49. The highest BCUT2D eigenvalue weighted by Gasteiger charge is 2.22. The van der Waals surface area contributed by atoms with Gasteiger partial charge in [0, 0.05) is 5.56 Å². The Bertz CT molecular complexity index is 602. The predicted molar refractivity (Wildman–Crippen MR) is 68.0 cm³/mol. The van der Waals surface area contributed by atoms with E-state index in [1.165, 1.54) is 6.42 Å². The minimum absolute atomic E-state index is 0.253. The second-order valence-corrected chi connectivity index (χ2v) is 4.78. The molecule has 0 bridgehead atoms. The lowest BCUT2D eigenvalue weighted by atomic mass is 10.1. The zero-order chi connectivity index (χ0) is 12.7. The van der Waals surface area contributed by atoms with Gasteiger partial charge in [-0.05, 0) is 37.6 Å². The van der Waals surface area contributed by atoms with Crippen molar-refractivity contribution in [1.82, 2.24) is 10.3 Å². The summed E-state index contributed by atoms with van der Waals surface area (Å²) in [5.74, 6) is 3.07. The molecule has 2 aliphatic rings. The van der Waals surface area contributed by atoms with E-state index >= 15 is 0 Å². The van der Waals surface area contributed by atoms with Crippen molar-refractivity contribution in [3.05, 3.63) is 30.3 Å². The zero-order valence-corrected chi connectivity index (χ0v) is 10.4. The Morgan fingerprint density at radius 3 is 3.05 bits per heavy atom. The van der Waals surface area contributed by atoms with E-state index in [4.69, 9.17) is 13.9 Å². The van der Waals surface area contributed by atoms with Crippen molar-refractivity contribution in [2.75, 3.05) is 13.3 Å². The lowest BCUT2D eigenvalue weighted by Crippen LogP contribution is -2.12. The maximum absolute atomic E-state index is 5.84. The molecule has 0 amide bonds. The van der Waals surface area contributed by atoms with E-state index in [0.717, 1.165) is 41.7 Å². The number of oxazole rings is 1. The lowest BCUT2D eigenvalue weighted by Gasteiger charge is -2.04. The Morgan fingerprint density at radius 2 is 2.16 bits per heavy atom. The number of nitrogens with one attached hydrogen (secondary N) is 1. The average Bonchev–Trinajstić information content (AvgIpc) is 3.18. The van der Waals surface area contributed by atoms with E-state index in [1.807, 2.05) is 18.2 Å². The van der Waals surface area contributed by atoms with Crippen LogP contribution >= 0.6 is 0 Å². The molecule has 1 fully saturated rings. The van der Waals surface area contributed by atoms with Crippen molar-refractivity contribution >= 4 is 0 Å². The van der Waals surface area contributed by atoms with Crippen molar-refractivity contribution in [2.24, 2.45) is 0 Å². The molecule has 1 saturated heterocycles. The van der Waals surface area contributed by atoms with Gasteiger partial charge in [-0.3, -0.25) is 0 Å². The van der Waals surface area contributed by atoms with Crippen LogP contribution in [0.3, 0.4) is 0 Å². The average molecular weight is 258 g/mol. The van der Waals surface area contributed by atoms with Crippen LogP contribution in [0, 0.1) is 0 Å². The van der Waals surface area contributed by atoms with E-state index in [9.17, 15) is 0 Å². The van der Waals surface area contributed by atoms with Gasteiger partial charge in [0.05, 0.1) is 12.2 Å². The van der Waals surface area contributed by atoms with Crippen LogP contribution < -0.4 is 14.8 Å². The minimum Gasteiger partial charge on any atom is -0.454 e. The summed E-state index contributed by atoms with van der Waals surface area (Å²) < 4.78 is 16.5. The Morgan fingerprint density at radius 1 is 1.21 bits per heavy atom. The van der Waals surface area contributed by atoms with Crippen LogP contribution in [0.5, 0.6) is 11.5 Å². The highest BCUT2D eigenvalue weighted by molar-refractivity contribution is 5.62. The molecule has 2 aromatic rings. The molecule has 19 heavy (non-hydrogen) atoms. The minimum atomic E-state index is 0.253. The van der Waals surface area contributed by atoms with Gasteiger partial charge in [-0.2, -0.15) is 0 Å². The molecule has 3 heterocycles. The molecule has 0 saturated carbocycles. The number of rotatable bonds is 2. The molecule has 1 atom stereocenters. The second-order valence-electron chi connectivity index (χ2n) is 4.78. The second kappa shape index (κ2) is 4.28. The Kier molecular flexibility index (Phi) is 2.45. The first-order valence-corrected chi connectivity index (χ1v) is 6.49. The first-order valence-electron chi connectivity index (χ1n) is 6.49. The van der Waals surface area contributed by atoms with E-state index in [0.29, 0.717) is 0 Å². The van der Waals surface area contributed by atoms with Crippen LogP contribution in [-0.4, -0.2) is 18.3 Å². The van der Waals surface area contributed by atoms with E-state index in [2.05, 4.69) is 10.3 Å². The van der Waals surface area contributed by atoms with E-state index in [1.54, 1.807) is 6.20 Å². The quantitative estimate of drug-likeness (QED) is 0.896. The van der Waals surface area contributed by atoms with Crippen molar-refractivity contribution < 1.29 is 13.9 Å². The van der Waals surface area contributed by atoms with Gasteiger partial charge in [-0.1, -0.05) is 0 Å². The molecule has 0 radical (unpaired) electrons. The van der Waals surface area contributed by atoms with Crippen molar-refractivity contribution in [1.29, 1.82) is 0 Å². The van der Waals surface area contributed by atoms with Gasteiger partial charge in [0.15, 0.2) is 17.3 Å². The van der Waals surface area contributed by atoms with Crippen LogP contribution in [0.4, 0.5) is 0 Å². The van der Waals surface area contributed by atoms with Crippen LogP contribution in [0.25, 0.3) is 11.3 Å². The molecule has 98 valence electrons. The summed E-state index contributed by atoms with van der Waals surface area (Å²) >= 11 is 0. The van der Waals surface area contributed by atoms with Gasteiger partial charge in [0.1, 0.15) is 0 Å². The molecule has 1 unspecified atom stereocenters. The van der Waals surface area contributed by atoms with Gasteiger partial charge in [-0.25, -0.2) is 4.98 Å². The maximum Gasteiger partial charge on any atom is 0.231 e. The van der Waals surface area contributed by atoms with Crippen LogP contribution in [-0.2, 0) is 0 Å². The molecule has 0 aliphatic carbocycles. The molecule has 5 nitrogen and oxygen atoms in total. The Balaban J connectivity index is 1.65. The summed E-state index contributed by atoms with van der Waals surface area (Å²) in [5.41, 5.74) is 0.959. The summed E-state index contributed by atoms with van der Waals surface area (Å²) in [5, 5.41) is 3.38. The van der Waals surface area contributed by atoms with Crippen LogP contribution in [0.1, 0.15) is 24.8 Å². The molecule has 5 heteroatoms. The normalized spacial score (nSPS) is 20.9. The lowest BCUT2D eigenvalue weighted by molar-refractivity contribution is 0.174. The largest absolute Gasteiger partial charge is 0.454 e. The van der Waals surface area contributed by atoms with Crippen molar-refractivity contribution in [2.45, 2.75) is 18.9 Å². The standard InChI is InChI=1S/C14H14N2O3/c1-2-10(15-5-1)14-16-7-13(19-14)9-3-4-11-12(6-9)18-8-17-11/h3-4,6-7,10,15H,1-2,5,8H2. The van der Waals surface area contributed by atoms with Gasteiger partial charge in [-0.15, -0.1) is 0 Å². The highest BCUT2D eigenvalue weighted by Crippen LogP contribution is 2.36.